The SMILES string of the molecule is COc1cccc([C@@H](CN)NC(=O)c2cc(-c3ccc4[nH]nc(C)c4c3)ccc2OC(F)(F)F)c1. The Bertz CT molecular complexity index is 1370. The van der Waals surface area contributed by atoms with Crippen LogP contribution in [0.5, 0.6) is 11.5 Å². The predicted molar refractivity (Wildman–Crippen MR) is 125 cm³/mol. The lowest BCUT2D eigenvalue weighted by molar-refractivity contribution is -0.274. The zero-order chi connectivity index (χ0) is 25.2. The number of alkyl halides is 3. The molecule has 0 unspecified atom stereocenters. The summed E-state index contributed by atoms with van der Waals surface area (Å²) in [5.41, 5.74) is 9.09. The highest BCUT2D eigenvalue weighted by molar-refractivity contribution is 5.99. The molecule has 0 saturated heterocycles. The highest BCUT2D eigenvalue weighted by Crippen LogP contribution is 2.32. The number of carbonyl (C=O) groups excluding carboxylic acids is 1. The van der Waals surface area contributed by atoms with Gasteiger partial charge in [-0.05, 0) is 60.0 Å². The van der Waals surface area contributed by atoms with Gasteiger partial charge in [0.25, 0.3) is 5.91 Å². The van der Waals surface area contributed by atoms with Gasteiger partial charge in [0.05, 0.1) is 29.9 Å². The molecular formula is C25H23F3N4O3. The number of hydrogen-bond acceptors (Lipinski definition) is 5. The fourth-order valence-corrected chi connectivity index (χ4v) is 3.80. The maximum absolute atomic E-state index is 13.2. The smallest absolute Gasteiger partial charge is 0.497 e. The number of amides is 1. The van der Waals surface area contributed by atoms with E-state index in [1.54, 1.807) is 30.3 Å². The zero-order valence-corrected chi connectivity index (χ0v) is 18.9. The van der Waals surface area contributed by atoms with Crippen molar-refractivity contribution in [3.05, 3.63) is 77.5 Å². The summed E-state index contributed by atoms with van der Waals surface area (Å²) in [6.45, 7) is 1.86. The Morgan fingerprint density at radius 3 is 2.57 bits per heavy atom. The monoisotopic (exact) mass is 484 g/mol. The second-order valence-electron chi connectivity index (χ2n) is 7.87. The third kappa shape index (κ3) is 5.38. The Morgan fingerprint density at radius 2 is 1.86 bits per heavy atom. The number of aromatic amines is 1. The number of H-pyrrole nitrogens is 1. The van der Waals surface area contributed by atoms with Gasteiger partial charge in [-0.1, -0.05) is 24.3 Å². The Morgan fingerprint density at radius 1 is 1.11 bits per heavy atom. The van der Waals surface area contributed by atoms with Crippen molar-refractivity contribution in [2.24, 2.45) is 5.73 Å². The lowest BCUT2D eigenvalue weighted by atomic mass is 9.99. The molecule has 182 valence electrons. The summed E-state index contributed by atoms with van der Waals surface area (Å²) >= 11 is 0. The van der Waals surface area contributed by atoms with E-state index in [-0.39, 0.29) is 12.1 Å². The molecule has 7 nitrogen and oxygen atoms in total. The highest BCUT2D eigenvalue weighted by Gasteiger charge is 2.33. The van der Waals surface area contributed by atoms with E-state index in [9.17, 15) is 18.0 Å². The van der Waals surface area contributed by atoms with E-state index in [2.05, 4.69) is 20.3 Å². The van der Waals surface area contributed by atoms with E-state index in [0.29, 0.717) is 22.4 Å². The number of halogens is 3. The second kappa shape index (κ2) is 9.67. The van der Waals surface area contributed by atoms with Crippen LogP contribution in [0.25, 0.3) is 22.0 Å². The minimum atomic E-state index is -4.97. The van der Waals surface area contributed by atoms with E-state index in [4.69, 9.17) is 10.5 Å². The van der Waals surface area contributed by atoms with Crippen molar-refractivity contribution in [1.82, 2.24) is 15.5 Å². The number of nitrogens with two attached hydrogens (primary N) is 1. The highest BCUT2D eigenvalue weighted by atomic mass is 19.4. The van der Waals surface area contributed by atoms with E-state index < -0.39 is 24.1 Å². The third-order valence-corrected chi connectivity index (χ3v) is 5.57. The molecule has 1 atom stereocenters. The molecular weight excluding hydrogens is 461 g/mol. The van der Waals surface area contributed by atoms with Gasteiger partial charge in [-0.15, -0.1) is 13.2 Å². The van der Waals surface area contributed by atoms with E-state index in [1.165, 1.54) is 19.2 Å². The molecule has 0 aliphatic carbocycles. The summed E-state index contributed by atoms with van der Waals surface area (Å²) in [5.74, 6) is -0.811. The number of aromatic nitrogens is 2. The summed E-state index contributed by atoms with van der Waals surface area (Å²) in [5, 5.41) is 10.6. The molecule has 1 heterocycles. The molecule has 4 aromatic rings. The summed E-state index contributed by atoms with van der Waals surface area (Å²) in [6, 6.07) is 15.7. The molecule has 4 rings (SSSR count). The van der Waals surface area contributed by atoms with Crippen molar-refractivity contribution in [3.8, 4) is 22.6 Å². The van der Waals surface area contributed by atoms with Gasteiger partial charge in [0, 0.05) is 11.9 Å². The number of nitrogens with one attached hydrogen (secondary N) is 2. The van der Waals surface area contributed by atoms with Gasteiger partial charge >= 0.3 is 6.36 Å². The number of benzene rings is 3. The van der Waals surface area contributed by atoms with Crippen LogP contribution in [0.4, 0.5) is 13.2 Å². The van der Waals surface area contributed by atoms with Crippen LogP contribution in [-0.4, -0.2) is 36.1 Å². The van der Waals surface area contributed by atoms with Gasteiger partial charge < -0.3 is 20.5 Å². The van der Waals surface area contributed by atoms with Crippen molar-refractivity contribution in [2.75, 3.05) is 13.7 Å². The first kappa shape index (κ1) is 24.1. The van der Waals surface area contributed by atoms with Crippen LogP contribution >= 0.6 is 0 Å². The number of rotatable bonds is 7. The molecule has 0 aliphatic heterocycles. The number of methoxy groups -OCH3 is 1. The molecule has 10 heteroatoms. The van der Waals surface area contributed by atoms with Gasteiger partial charge in [0.15, 0.2) is 0 Å². The maximum atomic E-state index is 13.2. The lowest BCUT2D eigenvalue weighted by Gasteiger charge is -2.20. The zero-order valence-electron chi connectivity index (χ0n) is 18.9. The van der Waals surface area contributed by atoms with Gasteiger partial charge in [0.1, 0.15) is 11.5 Å². The number of fused-ring (bicyclic) bond motifs is 1. The second-order valence-corrected chi connectivity index (χ2v) is 7.87. The maximum Gasteiger partial charge on any atom is 0.573 e. The standard InChI is InChI=1S/C25H23F3N4O3/c1-14-19-11-15(6-8-21(19)32-31-14)16-7-9-23(35-25(26,27)28)20(12-16)24(33)30-22(13-29)17-4-3-5-18(10-17)34-2/h3-12,22H,13,29H2,1-2H3,(H,30,33)(H,31,32)/t22-/m1/s1. The molecule has 35 heavy (non-hydrogen) atoms. The molecule has 0 fully saturated rings. The molecule has 0 aliphatic rings. The largest absolute Gasteiger partial charge is 0.573 e. The van der Waals surface area contributed by atoms with Crippen LogP contribution in [0.1, 0.15) is 27.7 Å². The van der Waals surface area contributed by atoms with E-state index in [1.807, 2.05) is 19.1 Å². The molecule has 0 saturated carbocycles. The Hall–Kier alpha value is -4.05. The third-order valence-electron chi connectivity index (χ3n) is 5.57. The normalized spacial score (nSPS) is 12.4. The molecule has 1 amide bonds. The Balaban J connectivity index is 1.72. The average molecular weight is 484 g/mol. The lowest BCUT2D eigenvalue weighted by Crippen LogP contribution is -2.34. The van der Waals surface area contributed by atoms with Gasteiger partial charge in [0.2, 0.25) is 0 Å². The fourth-order valence-electron chi connectivity index (χ4n) is 3.80. The average Bonchev–Trinajstić information content (AvgIpc) is 3.21. The fraction of sp³-hybridized carbons (Fsp3) is 0.200. The van der Waals surface area contributed by atoms with E-state index >= 15 is 0 Å². The first-order valence-corrected chi connectivity index (χ1v) is 10.7. The number of ether oxygens (including phenoxy) is 2. The van der Waals surface area contributed by atoms with Crippen LogP contribution < -0.4 is 20.5 Å². The van der Waals surface area contributed by atoms with Crippen LogP contribution in [0.3, 0.4) is 0 Å². The predicted octanol–water partition coefficient (Wildman–Crippen LogP) is 4.88. The quantitative estimate of drug-likeness (QED) is 0.347. The van der Waals surface area contributed by atoms with Crippen LogP contribution in [-0.2, 0) is 0 Å². The van der Waals surface area contributed by atoms with Crippen LogP contribution in [0.2, 0.25) is 0 Å². The number of nitrogens with zero attached hydrogens (tertiary/aromatic N) is 1. The summed E-state index contributed by atoms with van der Waals surface area (Å²) in [6.07, 6.45) is -4.97. The van der Waals surface area contributed by atoms with Gasteiger partial charge in [-0.2, -0.15) is 5.10 Å². The number of hydrogen-bond donors (Lipinski definition) is 3. The Kier molecular flexibility index (Phi) is 6.65. The van der Waals surface area contributed by atoms with Crippen molar-refractivity contribution in [1.29, 1.82) is 0 Å². The van der Waals surface area contributed by atoms with Crippen molar-refractivity contribution < 1.29 is 27.4 Å². The summed E-state index contributed by atoms with van der Waals surface area (Å²) in [4.78, 5) is 13.2. The minimum absolute atomic E-state index is 0.0183. The molecule has 1 aromatic heterocycles. The summed E-state index contributed by atoms with van der Waals surface area (Å²) in [7, 11) is 1.50. The van der Waals surface area contributed by atoms with Crippen molar-refractivity contribution in [2.45, 2.75) is 19.3 Å². The topological polar surface area (TPSA) is 102 Å². The van der Waals surface area contributed by atoms with E-state index in [0.717, 1.165) is 22.7 Å². The molecule has 3 aromatic carbocycles. The molecule has 0 radical (unpaired) electrons. The van der Waals surface area contributed by atoms with Gasteiger partial charge in [-0.3, -0.25) is 9.89 Å². The van der Waals surface area contributed by atoms with Crippen LogP contribution in [0.15, 0.2) is 60.7 Å². The molecule has 4 N–H and O–H groups in total. The summed E-state index contributed by atoms with van der Waals surface area (Å²) < 4.78 is 48.6. The minimum Gasteiger partial charge on any atom is -0.497 e. The van der Waals surface area contributed by atoms with Crippen LogP contribution in [0, 0.1) is 6.92 Å². The van der Waals surface area contributed by atoms with Crippen molar-refractivity contribution >= 4 is 16.8 Å². The number of aryl methyl sites for hydroxylation is 1. The van der Waals surface area contributed by atoms with Crippen molar-refractivity contribution in [3.63, 3.8) is 0 Å². The van der Waals surface area contributed by atoms with Gasteiger partial charge in [-0.25, -0.2) is 0 Å². The molecule has 0 spiro atoms. The molecule has 0 bridgehead atoms. The Labute approximate surface area is 199 Å². The first-order chi connectivity index (χ1) is 16.7. The first-order valence-electron chi connectivity index (χ1n) is 10.7. The number of carbonyl (C=O) groups is 1.